The zero-order chi connectivity index (χ0) is 13.5. The smallest absolute Gasteiger partial charge is 0.143 e. The maximum absolute atomic E-state index is 5.88. The third-order valence-corrected chi connectivity index (χ3v) is 4.17. The summed E-state index contributed by atoms with van der Waals surface area (Å²) in [5.74, 6) is 0.899. The number of halogens is 1. The van der Waals surface area contributed by atoms with Crippen LogP contribution in [0.5, 0.6) is 5.75 Å². The lowest BCUT2D eigenvalue weighted by molar-refractivity contribution is 0.287. The zero-order valence-electron chi connectivity index (χ0n) is 10.7. The Balaban J connectivity index is 1.73. The van der Waals surface area contributed by atoms with E-state index in [2.05, 4.69) is 50.6 Å². The van der Waals surface area contributed by atoms with Gasteiger partial charge in [0.25, 0.3) is 0 Å². The molecule has 0 fully saturated rings. The van der Waals surface area contributed by atoms with Crippen LogP contribution in [0, 0.1) is 0 Å². The minimum atomic E-state index is 0.167. The van der Waals surface area contributed by atoms with Gasteiger partial charge in [0, 0.05) is 27.1 Å². The fraction of sp³-hybridized carbons (Fsp3) is 0.125. The number of nitrogens with one attached hydrogen (secondary N) is 2. The number of aromatic nitrogens is 1. The highest BCUT2D eigenvalue weighted by atomic mass is 79.9. The number of H-pyrrole nitrogens is 1. The van der Waals surface area contributed by atoms with Crippen LogP contribution in [0.3, 0.4) is 0 Å². The van der Waals surface area contributed by atoms with Crippen LogP contribution in [0.4, 0.5) is 5.69 Å². The van der Waals surface area contributed by atoms with Gasteiger partial charge in [-0.05, 0) is 24.3 Å². The minimum Gasteiger partial charge on any atom is -0.489 e. The summed E-state index contributed by atoms with van der Waals surface area (Å²) < 4.78 is 6.91. The number of hydrogen-bond acceptors (Lipinski definition) is 2. The Morgan fingerprint density at radius 3 is 3.00 bits per heavy atom. The van der Waals surface area contributed by atoms with Crippen LogP contribution in [-0.2, 0) is 0 Å². The molecule has 2 N–H and O–H groups in total. The number of fused-ring (bicyclic) bond motifs is 2. The van der Waals surface area contributed by atoms with Crippen molar-refractivity contribution in [2.24, 2.45) is 0 Å². The van der Waals surface area contributed by atoms with E-state index in [0.717, 1.165) is 21.4 Å². The van der Waals surface area contributed by atoms with Gasteiger partial charge in [-0.3, -0.25) is 0 Å². The van der Waals surface area contributed by atoms with E-state index in [4.69, 9.17) is 4.74 Å². The maximum Gasteiger partial charge on any atom is 0.143 e. The summed E-state index contributed by atoms with van der Waals surface area (Å²) >= 11 is 3.46. The van der Waals surface area contributed by atoms with E-state index in [0.29, 0.717) is 6.61 Å². The molecule has 1 aromatic heterocycles. The average molecular weight is 329 g/mol. The first-order chi connectivity index (χ1) is 9.81. The highest BCUT2D eigenvalue weighted by Crippen LogP contribution is 2.37. The highest BCUT2D eigenvalue weighted by molar-refractivity contribution is 9.10. The molecular formula is C16H13BrN2O. The van der Waals surface area contributed by atoms with Crippen molar-refractivity contribution in [3.05, 3.63) is 58.7 Å². The van der Waals surface area contributed by atoms with Gasteiger partial charge in [0.15, 0.2) is 0 Å². The van der Waals surface area contributed by atoms with Crippen LogP contribution in [0.15, 0.2) is 53.1 Å². The zero-order valence-corrected chi connectivity index (χ0v) is 12.3. The maximum atomic E-state index is 5.88. The van der Waals surface area contributed by atoms with Gasteiger partial charge >= 0.3 is 0 Å². The number of ether oxygens (including phenoxy) is 1. The topological polar surface area (TPSA) is 37.0 Å². The summed E-state index contributed by atoms with van der Waals surface area (Å²) in [6.07, 6.45) is 2.07. The first-order valence-electron chi connectivity index (χ1n) is 6.56. The normalized spacial score (nSPS) is 17.4. The van der Waals surface area contributed by atoms with E-state index in [9.17, 15) is 0 Å². The third kappa shape index (κ3) is 1.88. The summed E-state index contributed by atoms with van der Waals surface area (Å²) in [7, 11) is 0. The second-order valence-electron chi connectivity index (χ2n) is 4.94. The number of rotatable bonds is 1. The molecular weight excluding hydrogens is 316 g/mol. The van der Waals surface area contributed by atoms with Crippen molar-refractivity contribution in [2.45, 2.75) is 6.04 Å². The lowest BCUT2D eigenvalue weighted by Crippen LogP contribution is -2.23. The van der Waals surface area contributed by atoms with Gasteiger partial charge in [0.1, 0.15) is 12.4 Å². The fourth-order valence-electron chi connectivity index (χ4n) is 2.69. The van der Waals surface area contributed by atoms with Crippen molar-refractivity contribution in [3.8, 4) is 5.75 Å². The average Bonchev–Trinajstić information content (AvgIpc) is 2.91. The van der Waals surface area contributed by atoms with Crippen molar-refractivity contribution in [2.75, 3.05) is 11.9 Å². The quantitative estimate of drug-likeness (QED) is 0.691. The fourth-order valence-corrected chi connectivity index (χ4v) is 3.03. The van der Waals surface area contributed by atoms with Crippen molar-refractivity contribution >= 4 is 32.5 Å². The Bertz CT molecular complexity index is 781. The minimum absolute atomic E-state index is 0.167. The van der Waals surface area contributed by atoms with Crippen LogP contribution in [-0.4, -0.2) is 11.6 Å². The van der Waals surface area contributed by atoms with Gasteiger partial charge < -0.3 is 15.0 Å². The second kappa shape index (κ2) is 4.56. The third-order valence-electron chi connectivity index (χ3n) is 3.68. The second-order valence-corrected chi connectivity index (χ2v) is 5.85. The van der Waals surface area contributed by atoms with E-state index in [1.54, 1.807) is 0 Å². The lowest BCUT2D eigenvalue weighted by atomic mass is 10.0. The Labute approximate surface area is 125 Å². The summed E-state index contributed by atoms with van der Waals surface area (Å²) in [6.45, 7) is 0.630. The number of hydrogen-bond donors (Lipinski definition) is 2. The lowest BCUT2D eigenvalue weighted by Gasteiger charge is -2.27. The monoisotopic (exact) mass is 328 g/mol. The first kappa shape index (κ1) is 11.9. The van der Waals surface area contributed by atoms with Crippen LogP contribution in [0.25, 0.3) is 10.9 Å². The molecule has 3 aromatic rings. The molecule has 0 spiro atoms. The van der Waals surface area contributed by atoms with Crippen molar-refractivity contribution in [1.29, 1.82) is 0 Å². The van der Waals surface area contributed by atoms with Gasteiger partial charge in [0.2, 0.25) is 0 Å². The van der Waals surface area contributed by atoms with E-state index in [1.165, 1.54) is 10.9 Å². The van der Waals surface area contributed by atoms with E-state index in [-0.39, 0.29) is 6.04 Å². The molecule has 0 saturated heterocycles. The molecule has 1 aliphatic heterocycles. The summed E-state index contributed by atoms with van der Waals surface area (Å²) in [4.78, 5) is 3.32. The Hall–Kier alpha value is -1.94. The van der Waals surface area contributed by atoms with Crippen LogP contribution < -0.4 is 10.1 Å². The molecule has 3 nitrogen and oxygen atoms in total. The Morgan fingerprint density at radius 2 is 2.05 bits per heavy atom. The molecule has 0 bridgehead atoms. The van der Waals surface area contributed by atoms with E-state index >= 15 is 0 Å². The van der Waals surface area contributed by atoms with Gasteiger partial charge in [-0.1, -0.05) is 34.1 Å². The molecule has 1 unspecified atom stereocenters. The molecule has 0 saturated carbocycles. The molecule has 4 heteroatoms. The van der Waals surface area contributed by atoms with Crippen molar-refractivity contribution < 1.29 is 4.74 Å². The van der Waals surface area contributed by atoms with Gasteiger partial charge in [0.05, 0.1) is 11.7 Å². The molecule has 1 atom stereocenters. The molecule has 2 heterocycles. The van der Waals surface area contributed by atoms with E-state index in [1.807, 2.05) is 24.3 Å². The Kier molecular flexibility index (Phi) is 2.70. The summed E-state index contributed by atoms with van der Waals surface area (Å²) in [5.41, 5.74) is 3.44. The number of aromatic amines is 1. The molecule has 0 aliphatic carbocycles. The predicted molar refractivity (Wildman–Crippen MR) is 84.3 cm³/mol. The summed E-state index contributed by atoms with van der Waals surface area (Å²) in [5, 5.41) is 4.80. The first-order valence-corrected chi connectivity index (χ1v) is 7.35. The Morgan fingerprint density at radius 1 is 1.15 bits per heavy atom. The molecule has 100 valence electrons. The van der Waals surface area contributed by atoms with Gasteiger partial charge in [-0.25, -0.2) is 0 Å². The van der Waals surface area contributed by atoms with Gasteiger partial charge in [-0.15, -0.1) is 0 Å². The predicted octanol–water partition coefficient (Wildman–Crippen LogP) is 4.48. The standard InChI is InChI=1S/C16H13BrN2O/c17-10-5-6-14-16(7-10)20-9-15(19-14)12-8-18-13-4-2-1-3-11(12)13/h1-8,15,18-19H,9H2. The van der Waals surface area contributed by atoms with Crippen LogP contribution in [0.1, 0.15) is 11.6 Å². The molecule has 4 rings (SSSR count). The van der Waals surface area contributed by atoms with Gasteiger partial charge in [-0.2, -0.15) is 0 Å². The largest absolute Gasteiger partial charge is 0.489 e. The number of benzene rings is 2. The summed E-state index contributed by atoms with van der Waals surface area (Å²) in [6, 6.07) is 14.6. The molecule has 0 radical (unpaired) electrons. The number of anilines is 1. The molecule has 2 aromatic carbocycles. The SMILES string of the molecule is Brc1ccc2c(c1)OCC(c1c[nH]c3ccccc13)N2. The number of para-hydroxylation sites is 1. The van der Waals surface area contributed by atoms with Crippen LogP contribution in [0.2, 0.25) is 0 Å². The van der Waals surface area contributed by atoms with Crippen molar-refractivity contribution in [1.82, 2.24) is 4.98 Å². The van der Waals surface area contributed by atoms with Crippen LogP contribution >= 0.6 is 15.9 Å². The highest BCUT2D eigenvalue weighted by Gasteiger charge is 2.22. The van der Waals surface area contributed by atoms with Crippen molar-refractivity contribution in [3.63, 3.8) is 0 Å². The molecule has 1 aliphatic rings. The molecule has 20 heavy (non-hydrogen) atoms. The molecule has 0 amide bonds. The van der Waals surface area contributed by atoms with E-state index < -0.39 is 0 Å².